The number of aromatic nitrogens is 2. The summed E-state index contributed by atoms with van der Waals surface area (Å²) in [6, 6.07) is 6.60. The van der Waals surface area contributed by atoms with Crippen LogP contribution in [-0.2, 0) is 26.7 Å². The van der Waals surface area contributed by atoms with Gasteiger partial charge in [-0.2, -0.15) is 0 Å². The summed E-state index contributed by atoms with van der Waals surface area (Å²) in [7, 11) is -3.83. The Balaban J connectivity index is 1.62. The maximum absolute atomic E-state index is 12.3. The van der Waals surface area contributed by atoms with E-state index in [1.807, 2.05) is 16.0 Å². The molecule has 0 bridgehead atoms. The Hall–Kier alpha value is -2.23. The van der Waals surface area contributed by atoms with Crippen LogP contribution in [0.15, 0.2) is 46.9 Å². The van der Waals surface area contributed by atoms with Gasteiger partial charge in [0.05, 0.1) is 17.0 Å². The van der Waals surface area contributed by atoms with E-state index in [-0.39, 0.29) is 16.7 Å². The fourth-order valence-electron chi connectivity index (χ4n) is 2.39. The number of imidazole rings is 1. The van der Waals surface area contributed by atoms with Crippen molar-refractivity contribution in [2.45, 2.75) is 37.5 Å². The highest BCUT2D eigenvalue weighted by molar-refractivity contribution is 7.89. The standard InChI is InChI=1S/C17H20N4O3S2/c1-17(2,3)12-4-6-14(7-5-12)26(23,24)20-19-15(22)10-13-11-21-8-9-25-16(21)18-13/h4-9,11,20H,10H2,1-3H3,(H,19,22). The van der Waals surface area contributed by atoms with Crippen molar-refractivity contribution >= 4 is 32.2 Å². The SMILES string of the molecule is CC(C)(C)c1ccc(S(=O)(=O)NNC(=O)Cc2cn3ccsc3n2)cc1. The molecule has 0 radical (unpaired) electrons. The molecule has 3 rings (SSSR count). The van der Waals surface area contributed by atoms with Gasteiger partial charge in [-0.3, -0.25) is 14.6 Å². The highest BCUT2D eigenvalue weighted by Crippen LogP contribution is 2.23. The van der Waals surface area contributed by atoms with Crippen molar-refractivity contribution < 1.29 is 13.2 Å². The predicted octanol–water partition coefficient (Wildman–Crippen LogP) is 2.25. The average molecular weight is 393 g/mol. The largest absolute Gasteiger partial charge is 0.297 e. The van der Waals surface area contributed by atoms with Gasteiger partial charge in [-0.05, 0) is 23.1 Å². The number of carbonyl (C=O) groups excluding carboxylic acids is 1. The third kappa shape index (κ3) is 4.12. The second-order valence-electron chi connectivity index (χ2n) is 6.93. The van der Waals surface area contributed by atoms with Crippen LogP contribution in [0.3, 0.4) is 0 Å². The van der Waals surface area contributed by atoms with Gasteiger partial charge in [0.15, 0.2) is 4.96 Å². The van der Waals surface area contributed by atoms with Crippen LogP contribution in [0.5, 0.6) is 0 Å². The summed E-state index contributed by atoms with van der Waals surface area (Å²) in [6.45, 7) is 6.15. The molecule has 2 N–H and O–H groups in total. The molecule has 0 aliphatic carbocycles. The molecule has 1 amide bonds. The van der Waals surface area contributed by atoms with Crippen molar-refractivity contribution in [2.75, 3.05) is 0 Å². The van der Waals surface area contributed by atoms with Gasteiger partial charge in [-0.15, -0.1) is 16.2 Å². The van der Waals surface area contributed by atoms with Crippen LogP contribution in [0.2, 0.25) is 0 Å². The molecule has 1 aromatic carbocycles. The van der Waals surface area contributed by atoms with Crippen molar-refractivity contribution in [1.29, 1.82) is 0 Å². The summed E-state index contributed by atoms with van der Waals surface area (Å²) in [6.07, 6.45) is 3.57. The number of benzene rings is 1. The first kappa shape index (κ1) is 18.6. The quantitative estimate of drug-likeness (QED) is 0.652. The number of hydrogen-bond donors (Lipinski definition) is 2. The van der Waals surface area contributed by atoms with Gasteiger partial charge in [-0.25, -0.2) is 13.4 Å². The number of hydrazine groups is 1. The van der Waals surface area contributed by atoms with Gasteiger partial charge in [0.2, 0.25) is 5.91 Å². The lowest BCUT2D eigenvalue weighted by Gasteiger charge is -2.19. The molecule has 9 heteroatoms. The topological polar surface area (TPSA) is 92.6 Å². The first-order valence-corrected chi connectivity index (χ1v) is 10.3. The summed E-state index contributed by atoms with van der Waals surface area (Å²) < 4.78 is 26.4. The fourth-order valence-corrected chi connectivity index (χ4v) is 3.97. The van der Waals surface area contributed by atoms with E-state index in [2.05, 4.69) is 36.0 Å². The summed E-state index contributed by atoms with van der Waals surface area (Å²) >= 11 is 1.46. The van der Waals surface area contributed by atoms with Crippen molar-refractivity contribution in [3.8, 4) is 0 Å². The molecule has 7 nitrogen and oxygen atoms in total. The van der Waals surface area contributed by atoms with E-state index < -0.39 is 15.9 Å². The zero-order valence-corrected chi connectivity index (χ0v) is 16.3. The number of nitrogens with zero attached hydrogens (tertiary/aromatic N) is 2. The average Bonchev–Trinajstić information content (AvgIpc) is 3.14. The van der Waals surface area contributed by atoms with Crippen LogP contribution in [0.4, 0.5) is 0 Å². The third-order valence-electron chi connectivity index (χ3n) is 3.84. The van der Waals surface area contributed by atoms with Crippen molar-refractivity contribution in [2.24, 2.45) is 0 Å². The number of carbonyl (C=O) groups is 1. The number of amides is 1. The van der Waals surface area contributed by atoms with Crippen molar-refractivity contribution in [3.05, 3.63) is 53.3 Å². The monoisotopic (exact) mass is 392 g/mol. The van der Waals surface area contributed by atoms with Gasteiger partial charge in [0.1, 0.15) is 0 Å². The van der Waals surface area contributed by atoms with Gasteiger partial charge >= 0.3 is 0 Å². The second-order valence-corrected chi connectivity index (χ2v) is 9.49. The smallest absolute Gasteiger partial charge is 0.257 e. The molecule has 138 valence electrons. The van der Waals surface area contributed by atoms with Gasteiger partial charge < -0.3 is 0 Å². The lowest BCUT2D eigenvalue weighted by molar-refractivity contribution is -0.120. The molecule has 0 aliphatic heterocycles. The lowest BCUT2D eigenvalue weighted by Crippen LogP contribution is -2.42. The highest BCUT2D eigenvalue weighted by atomic mass is 32.2. The number of thiazole rings is 1. The first-order valence-electron chi connectivity index (χ1n) is 7.97. The number of nitrogens with one attached hydrogen (secondary N) is 2. The van der Waals surface area contributed by atoms with E-state index in [9.17, 15) is 13.2 Å². The minimum absolute atomic E-state index is 0.0140. The Morgan fingerprint density at radius 2 is 1.92 bits per heavy atom. The number of rotatable bonds is 5. The van der Waals surface area contributed by atoms with Crippen LogP contribution in [0.1, 0.15) is 32.0 Å². The van der Waals surface area contributed by atoms with E-state index in [1.54, 1.807) is 18.3 Å². The third-order valence-corrected chi connectivity index (χ3v) is 5.87. The Labute approximate surface area is 156 Å². The normalized spacial score (nSPS) is 12.4. The molecule has 26 heavy (non-hydrogen) atoms. The summed E-state index contributed by atoms with van der Waals surface area (Å²) in [5.74, 6) is -0.481. The first-order chi connectivity index (χ1) is 12.1. The van der Waals surface area contributed by atoms with E-state index in [4.69, 9.17) is 0 Å². The summed E-state index contributed by atoms with van der Waals surface area (Å²) in [4.78, 5) is 19.3. The van der Waals surface area contributed by atoms with Crippen LogP contribution in [0, 0.1) is 0 Å². The molecule has 0 fully saturated rings. The van der Waals surface area contributed by atoms with Gasteiger partial charge in [0.25, 0.3) is 10.0 Å². The molecular formula is C17H20N4O3S2. The summed E-state index contributed by atoms with van der Waals surface area (Å²) in [5, 5.41) is 1.89. The molecular weight excluding hydrogens is 372 g/mol. The Morgan fingerprint density at radius 3 is 2.54 bits per heavy atom. The lowest BCUT2D eigenvalue weighted by atomic mass is 9.87. The Morgan fingerprint density at radius 1 is 1.23 bits per heavy atom. The van der Waals surface area contributed by atoms with Crippen molar-refractivity contribution in [1.82, 2.24) is 19.6 Å². The molecule has 0 unspecified atom stereocenters. The van der Waals surface area contributed by atoms with Gasteiger partial charge in [0, 0.05) is 17.8 Å². The minimum atomic E-state index is -3.83. The minimum Gasteiger partial charge on any atom is -0.297 e. The Bertz CT molecular complexity index is 1000. The predicted molar refractivity (Wildman–Crippen MR) is 100 cm³/mol. The molecule has 0 saturated carbocycles. The van der Waals surface area contributed by atoms with E-state index in [0.29, 0.717) is 5.69 Å². The fraction of sp³-hybridized carbons (Fsp3) is 0.294. The number of sulfonamides is 1. The van der Waals surface area contributed by atoms with E-state index >= 15 is 0 Å². The van der Waals surface area contributed by atoms with E-state index in [1.165, 1.54) is 23.5 Å². The van der Waals surface area contributed by atoms with Crippen LogP contribution >= 0.6 is 11.3 Å². The zero-order valence-electron chi connectivity index (χ0n) is 14.7. The molecule has 0 atom stereocenters. The second kappa shape index (κ2) is 6.82. The van der Waals surface area contributed by atoms with Gasteiger partial charge in [-0.1, -0.05) is 32.9 Å². The van der Waals surface area contributed by atoms with Crippen molar-refractivity contribution in [3.63, 3.8) is 0 Å². The Kier molecular flexibility index (Phi) is 4.87. The molecule has 0 saturated heterocycles. The summed E-state index contributed by atoms with van der Waals surface area (Å²) in [5.41, 5.74) is 3.76. The molecule has 0 aliphatic rings. The highest BCUT2D eigenvalue weighted by Gasteiger charge is 2.18. The maximum Gasteiger partial charge on any atom is 0.257 e. The molecule has 3 aromatic rings. The van der Waals surface area contributed by atoms with Crippen LogP contribution < -0.4 is 10.3 Å². The van der Waals surface area contributed by atoms with E-state index in [0.717, 1.165) is 10.5 Å². The molecule has 2 heterocycles. The zero-order chi connectivity index (χ0) is 18.9. The number of hydrogen-bond acceptors (Lipinski definition) is 5. The van der Waals surface area contributed by atoms with Crippen LogP contribution in [0.25, 0.3) is 4.96 Å². The number of fused-ring (bicyclic) bond motifs is 1. The molecule has 2 aromatic heterocycles. The maximum atomic E-state index is 12.3. The van der Waals surface area contributed by atoms with Crippen LogP contribution in [-0.4, -0.2) is 23.7 Å². The molecule has 0 spiro atoms.